The molecular weight excluding hydrogens is 254 g/mol. The van der Waals surface area contributed by atoms with Crippen LogP contribution in [0.3, 0.4) is 0 Å². The quantitative estimate of drug-likeness (QED) is 0.691. The van der Waals surface area contributed by atoms with Crippen LogP contribution in [0.5, 0.6) is 0 Å². The molecule has 0 saturated heterocycles. The maximum Gasteiger partial charge on any atom is 0.00202 e. The molecule has 2 rings (SSSR count). The maximum absolute atomic E-state index is 3.58. The Kier molecular flexibility index (Phi) is 6.49. The molecule has 0 heterocycles. The third kappa shape index (κ3) is 5.02. The highest BCUT2D eigenvalue weighted by molar-refractivity contribution is 5.26. The molecule has 2 aromatic rings. The van der Waals surface area contributed by atoms with Gasteiger partial charge < -0.3 is 5.32 Å². The molecule has 0 aliphatic carbocycles. The van der Waals surface area contributed by atoms with Gasteiger partial charge in [-0.25, -0.2) is 0 Å². The van der Waals surface area contributed by atoms with Gasteiger partial charge in [0.15, 0.2) is 0 Å². The summed E-state index contributed by atoms with van der Waals surface area (Å²) in [5.74, 6) is 0.595. The molecule has 0 spiro atoms. The summed E-state index contributed by atoms with van der Waals surface area (Å²) < 4.78 is 0. The van der Waals surface area contributed by atoms with E-state index in [1.165, 1.54) is 29.5 Å². The Morgan fingerprint density at radius 2 is 1.67 bits per heavy atom. The lowest BCUT2D eigenvalue weighted by molar-refractivity contribution is 0.548. The largest absolute Gasteiger partial charge is 0.316 e. The predicted octanol–water partition coefficient (Wildman–Crippen LogP) is 4.71. The third-order valence-corrected chi connectivity index (χ3v) is 4.11. The first-order chi connectivity index (χ1) is 10.3. The smallest absolute Gasteiger partial charge is 0.00202 e. The van der Waals surface area contributed by atoms with Gasteiger partial charge in [-0.05, 0) is 55.3 Å². The summed E-state index contributed by atoms with van der Waals surface area (Å²) in [6.07, 6.45) is 3.55. The SMILES string of the molecule is CCCNCC(CCc1ccccc1C)c1ccccc1. The van der Waals surface area contributed by atoms with Crippen molar-refractivity contribution in [3.8, 4) is 0 Å². The first kappa shape index (κ1) is 15.8. The summed E-state index contributed by atoms with van der Waals surface area (Å²) in [5, 5.41) is 3.58. The monoisotopic (exact) mass is 281 g/mol. The van der Waals surface area contributed by atoms with E-state index in [1.807, 2.05) is 0 Å². The van der Waals surface area contributed by atoms with E-state index in [2.05, 4.69) is 73.8 Å². The Morgan fingerprint density at radius 3 is 2.38 bits per heavy atom. The molecule has 1 heteroatoms. The molecular formula is C20H27N. The van der Waals surface area contributed by atoms with E-state index in [1.54, 1.807) is 0 Å². The molecule has 0 aliphatic rings. The van der Waals surface area contributed by atoms with Gasteiger partial charge in [-0.1, -0.05) is 61.5 Å². The van der Waals surface area contributed by atoms with Crippen molar-refractivity contribution < 1.29 is 0 Å². The number of hydrogen-bond donors (Lipinski definition) is 1. The second kappa shape index (κ2) is 8.63. The molecule has 0 aliphatic heterocycles. The second-order valence-corrected chi connectivity index (χ2v) is 5.78. The molecule has 1 N–H and O–H groups in total. The Balaban J connectivity index is 2.00. The van der Waals surface area contributed by atoms with Crippen molar-refractivity contribution in [1.82, 2.24) is 5.32 Å². The van der Waals surface area contributed by atoms with Gasteiger partial charge >= 0.3 is 0 Å². The normalized spacial score (nSPS) is 12.3. The molecule has 0 fully saturated rings. The second-order valence-electron chi connectivity index (χ2n) is 5.78. The number of rotatable bonds is 8. The van der Waals surface area contributed by atoms with Crippen LogP contribution in [0.25, 0.3) is 0 Å². The van der Waals surface area contributed by atoms with Crippen LogP contribution in [-0.4, -0.2) is 13.1 Å². The van der Waals surface area contributed by atoms with Crippen LogP contribution in [0, 0.1) is 6.92 Å². The van der Waals surface area contributed by atoms with E-state index < -0.39 is 0 Å². The Morgan fingerprint density at radius 1 is 0.952 bits per heavy atom. The standard InChI is InChI=1S/C20H27N/c1-3-15-21-16-20(19-11-5-4-6-12-19)14-13-18-10-8-7-9-17(18)2/h4-12,20-21H,3,13-16H2,1-2H3. The van der Waals surface area contributed by atoms with Gasteiger partial charge in [0.05, 0.1) is 0 Å². The average Bonchev–Trinajstić information content (AvgIpc) is 2.53. The maximum atomic E-state index is 3.58. The molecule has 21 heavy (non-hydrogen) atoms. The van der Waals surface area contributed by atoms with E-state index >= 15 is 0 Å². The van der Waals surface area contributed by atoms with Crippen LogP contribution in [0.4, 0.5) is 0 Å². The lowest BCUT2D eigenvalue weighted by Crippen LogP contribution is -2.22. The van der Waals surface area contributed by atoms with E-state index in [0.717, 1.165) is 19.5 Å². The minimum Gasteiger partial charge on any atom is -0.316 e. The van der Waals surface area contributed by atoms with Crippen LogP contribution < -0.4 is 5.32 Å². The van der Waals surface area contributed by atoms with Crippen molar-refractivity contribution in [3.63, 3.8) is 0 Å². The fraction of sp³-hybridized carbons (Fsp3) is 0.400. The van der Waals surface area contributed by atoms with Gasteiger partial charge in [-0.2, -0.15) is 0 Å². The van der Waals surface area contributed by atoms with Crippen molar-refractivity contribution in [1.29, 1.82) is 0 Å². The number of hydrogen-bond acceptors (Lipinski definition) is 1. The lowest BCUT2D eigenvalue weighted by atomic mass is 9.91. The van der Waals surface area contributed by atoms with E-state index in [4.69, 9.17) is 0 Å². The van der Waals surface area contributed by atoms with Crippen molar-refractivity contribution in [2.24, 2.45) is 0 Å². The summed E-state index contributed by atoms with van der Waals surface area (Å²) in [6.45, 7) is 6.61. The van der Waals surface area contributed by atoms with Gasteiger partial charge in [0, 0.05) is 6.54 Å². The van der Waals surface area contributed by atoms with E-state index in [0.29, 0.717) is 5.92 Å². The van der Waals surface area contributed by atoms with Gasteiger partial charge in [-0.15, -0.1) is 0 Å². The number of aryl methyl sites for hydroxylation is 2. The molecule has 0 saturated carbocycles. The van der Waals surface area contributed by atoms with Crippen LogP contribution in [0.2, 0.25) is 0 Å². The first-order valence-electron chi connectivity index (χ1n) is 8.11. The van der Waals surface area contributed by atoms with Crippen LogP contribution in [0.15, 0.2) is 54.6 Å². The summed E-state index contributed by atoms with van der Waals surface area (Å²) in [4.78, 5) is 0. The van der Waals surface area contributed by atoms with Crippen molar-refractivity contribution >= 4 is 0 Å². The minimum atomic E-state index is 0.595. The Hall–Kier alpha value is -1.60. The van der Waals surface area contributed by atoms with E-state index in [-0.39, 0.29) is 0 Å². The Labute approximate surface area is 129 Å². The molecule has 0 aromatic heterocycles. The molecule has 0 radical (unpaired) electrons. The van der Waals surface area contributed by atoms with Crippen LogP contribution in [0.1, 0.15) is 42.4 Å². The minimum absolute atomic E-state index is 0.595. The zero-order valence-electron chi connectivity index (χ0n) is 13.3. The van der Waals surface area contributed by atoms with Crippen LogP contribution in [-0.2, 0) is 6.42 Å². The fourth-order valence-corrected chi connectivity index (χ4v) is 2.79. The average molecular weight is 281 g/mol. The fourth-order valence-electron chi connectivity index (χ4n) is 2.79. The number of benzene rings is 2. The van der Waals surface area contributed by atoms with Gasteiger partial charge in [0.2, 0.25) is 0 Å². The Bertz CT molecular complexity index is 518. The summed E-state index contributed by atoms with van der Waals surface area (Å²) in [6, 6.07) is 19.7. The highest BCUT2D eigenvalue weighted by Gasteiger charge is 2.11. The molecule has 1 unspecified atom stereocenters. The predicted molar refractivity (Wildman–Crippen MR) is 91.8 cm³/mol. The third-order valence-electron chi connectivity index (χ3n) is 4.11. The lowest BCUT2D eigenvalue weighted by Gasteiger charge is -2.19. The first-order valence-corrected chi connectivity index (χ1v) is 8.11. The van der Waals surface area contributed by atoms with Gasteiger partial charge in [-0.3, -0.25) is 0 Å². The molecule has 112 valence electrons. The molecule has 0 amide bonds. The summed E-state index contributed by atoms with van der Waals surface area (Å²) in [5.41, 5.74) is 4.34. The van der Waals surface area contributed by atoms with E-state index in [9.17, 15) is 0 Å². The highest BCUT2D eigenvalue weighted by Crippen LogP contribution is 2.22. The van der Waals surface area contributed by atoms with Crippen molar-refractivity contribution in [2.45, 2.75) is 39.0 Å². The van der Waals surface area contributed by atoms with Gasteiger partial charge in [0.25, 0.3) is 0 Å². The highest BCUT2D eigenvalue weighted by atomic mass is 14.8. The molecule has 2 aromatic carbocycles. The number of nitrogens with one attached hydrogen (secondary N) is 1. The molecule has 1 atom stereocenters. The summed E-state index contributed by atoms with van der Waals surface area (Å²) >= 11 is 0. The van der Waals surface area contributed by atoms with Crippen LogP contribution >= 0.6 is 0 Å². The zero-order valence-corrected chi connectivity index (χ0v) is 13.3. The summed E-state index contributed by atoms with van der Waals surface area (Å²) in [7, 11) is 0. The molecule has 1 nitrogen and oxygen atoms in total. The van der Waals surface area contributed by atoms with Crippen molar-refractivity contribution in [2.75, 3.05) is 13.1 Å². The zero-order chi connectivity index (χ0) is 14.9. The van der Waals surface area contributed by atoms with Crippen molar-refractivity contribution in [3.05, 3.63) is 71.3 Å². The van der Waals surface area contributed by atoms with Gasteiger partial charge in [0.1, 0.15) is 0 Å². The topological polar surface area (TPSA) is 12.0 Å². The molecule has 0 bridgehead atoms.